The van der Waals surface area contributed by atoms with Gasteiger partial charge < -0.3 is 10.2 Å². The molecule has 3 rings (SSSR count). The first-order valence-corrected chi connectivity index (χ1v) is 9.12. The molecule has 1 aromatic carbocycles. The van der Waals surface area contributed by atoms with Gasteiger partial charge >= 0.3 is 0 Å². The number of thioether (sulfide) groups is 1. The molecule has 1 saturated carbocycles. The minimum Gasteiger partial charge on any atom is -0.349 e. The fraction of sp³-hybridized carbons (Fsp3) is 0.389. The van der Waals surface area contributed by atoms with E-state index in [0.29, 0.717) is 5.82 Å². The van der Waals surface area contributed by atoms with Crippen LogP contribution in [-0.4, -0.2) is 34.7 Å². The number of hydrogen-bond donors (Lipinski definition) is 1. The minimum atomic E-state index is -0.0700. The molecule has 1 amide bonds. The zero-order valence-electron chi connectivity index (χ0n) is 13.8. The Hall–Kier alpha value is -2.08. The zero-order valence-corrected chi connectivity index (χ0v) is 14.6. The van der Waals surface area contributed by atoms with Gasteiger partial charge in [0.2, 0.25) is 5.91 Å². The Balaban J connectivity index is 1.50. The molecular weight excluding hydrogens is 320 g/mol. The van der Waals surface area contributed by atoms with Gasteiger partial charge in [-0.25, -0.2) is 4.98 Å². The first-order chi connectivity index (χ1) is 11.7. The highest BCUT2D eigenvalue weighted by Gasteiger charge is 2.16. The van der Waals surface area contributed by atoms with Crippen molar-refractivity contribution < 1.29 is 4.79 Å². The smallest absolute Gasteiger partial charge is 0.243 e. The third kappa shape index (κ3) is 4.71. The van der Waals surface area contributed by atoms with E-state index in [-0.39, 0.29) is 12.5 Å². The van der Waals surface area contributed by atoms with E-state index >= 15 is 0 Å². The number of aromatic nitrogens is 2. The maximum absolute atomic E-state index is 12.2. The fourth-order valence-corrected chi connectivity index (χ4v) is 4.05. The summed E-state index contributed by atoms with van der Waals surface area (Å²) in [6.07, 6.45) is 10.2. The van der Waals surface area contributed by atoms with Gasteiger partial charge in [-0.2, -0.15) is 0 Å². The second-order valence-corrected chi connectivity index (χ2v) is 7.39. The topological polar surface area (TPSA) is 58.1 Å². The maximum atomic E-state index is 12.2. The van der Waals surface area contributed by atoms with Gasteiger partial charge in [0.05, 0.1) is 12.7 Å². The summed E-state index contributed by atoms with van der Waals surface area (Å²) in [5.41, 5.74) is 0.823. The molecule has 1 N–H and O–H groups in total. The van der Waals surface area contributed by atoms with Crippen molar-refractivity contribution in [3.8, 4) is 0 Å². The molecule has 1 aromatic heterocycles. The van der Waals surface area contributed by atoms with Gasteiger partial charge in [0, 0.05) is 35.3 Å². The molecule has 126 valence electrons. The van der Waals surface area contributed by atoms with Crippen molar-refractivity contribution in [3.63, 3.8) is 0 Å². The van der Waals surface area contributed by atoms with E-state index in [1.165, 1.54) is 30.6 Å². The van der Waals surface area contributed by atoms with Crippen molar-refractivity contribution in [2.75, 3.05) is 23.8 Å². The monoisotopic (exact) mass is 342 g/mol. The van der Waals surface area contributed by atoms with Crippen LogP contribution in [0.25, 0.3) is 0 Å². The predicted octanol–water partition coefficient (Wildman–Crippen LogP) is 3.59. The number of carbonyl (C=O) groups is 1. The number of nitrogens with one attached hydrogen (secondary N) is 1. The van der Waals surface area contributed by atoms with Crippen LogP contribution in [0.3, 0.4) is 0 Å². The van der Waals surface area contributed by atoms with Crippen LogP contribution in [0.2, 0.25) is 0 Å². The standard InChI is InChI=1S/C18H22N4OS/c1-22(17-12-19-10-11-20-17)13-18(23)21-14-6-8-16(9-7-14)24-15-4-2-3-5-15/h6-12,15H,2-5,13H2,1H3,(H,21,23). The number of amides is 1. The second-order valence-electron chi connectivity index (χ2n) is 6.02. The number of likely N-dealkylation sites (N-methyl/N-ethyl adjacent to an activating group) is 1. The van der Waals surface area contributed by atoms with Gasteiger partial charge in [-0.15, -0.1) is 11.8 Å². The molecule has 0 bridgehead atoms. The zero-order chi connectivity index (χ0) is 16.8. The Bertz CT molecular complexity index is 656. The summed E-state index contributed by atoms with van der Waals surface area (Å²) in [5.74, 6) is 0.607. The Labute approximate surface area is 146 Å². The molecule has 1 aliphatic carbocycles. The second kappa shape index (κ2) is 8.15. The largest absolute Gasteiger partial charge is 0.349 e. The normalized spacial score (nSPS) is 14.5. The van der Waals surface area contributed by atoms with E-state index < -0.39 is 0 Å². The van der Waals surface area contributed by atoms with Crippen LogP contribution in [0.1, 0.15) is 25.7 Å². The quantitative estimate of drug-likeness (QED) is 0.869. The minimum absolute atomic E-state index is 0.0700. The Morgan fingerprint density at radius 2 is 2.00 bits per heavy atom. The van der Waals surface area contributed by atoms with E-state index in [2.05, 4.69) is 27.4 Å². The first kappa shape index (κ1) is 16.8. The number of hydrogen-bond acceptors (Lipinski definition) is 5. The summed E-state index contributed by atoms with van der Waals surface area (Å²) in [5, 5.41) is 3.68. The Morgan fingerprint density at radius 1 is 1.25 bits per heavy atom. The van der Waals surface area contributed by atoms with Crippen LogP contribution in [0.15, 0.2) is 47.8 Å². The third-order valence-electron chi connectivity index (χ3n) is 4.06. The number of nitrogens with zero attached hydrogens (tertiary/aromatic N) is 3. The van der Waals surface area contributed by atoms with Crippen LogP contribution in [0.5, 0.6) is 0 Å². The molecule has 5 nitrogen and oxygen atoms in total. The molecule has 0 atom stereocenters. The Morgan fingerprint density at radius 3 is 2.67 bits per heavy atom. The van der Waals surface area contributed by atoms with Gasteiger partial charge in [0.1, 0.15) is 5.82 Å². The molecule has 0 spiro atoms. The van der Waals surface area contributed by atoms with Gasteiger partial charge in [0.15, 0.2) is 0 Å². The van der Waals surface area contributed by atoms with Crippen molar-refractivity contribution in [2.45, 2.75) is 35.8 Å². The molecule has 1 aliphatic rings. The van der Waals surface area contributed by atoms with E-state index in [0.717, 1.165) is 10.9 Å². The molecule has 0 saturated heterocycles. The summed E-state index contributed by atoms with van der Waals surface area (Å²) >= 11 is 1.95. The van der Waals surface area contributed by atoms with Crippen molar-refractivity contribution in [3.05, 3.63) is 42.9 Å². The molecule has 2 aromatic rings. The van der Waals surface area contributed by atoms with Gasteiger partial charge in [-0.05, 0) is 37.1 Å². The van der Waals surface area contributed by atoms with Gasteiger partial charge in [-0.3, -0.25) is 9.78 Å². The van der Waals surface area contributed by atoms with E-state index in [1.807, 2.05) is 30.9 Å². The molecule has 6 heteroatoms. The van der Waals surface area contributed by atoms with Crippen LogP contribution in [0, 0.1) is 0 Å². The predicted molar refractivity (Wildman–Crippen MR) is 98.5 cm³/mol. The summed E-state index contributed by atoms with van der Waals surface area (Å²) in [7, 11) is 1.82. The number of anilines is 2. The molecule has 0 aliphatic heterocycles. The molecule has 1 heterocycles. The van der Waals surface area contributed by atoms with E-state index in [1.54, 1.807) is 23.5 Å². The van der Waals surface area contributed by atoms with Gasteiger partial charge in [0.25, 0.3) is 0 Å². The highest BCUT2D eigenvalue weighted by molar-refractivity contribution is 8.00. The summed E-state index contributed by atoms with van der Waals surface area (Å²) in [6.45, 7) is 0.233. The fourth-order valence-electron chi connectivity index (χ4n) is 2.80. The third-order valence-corrected chi connectivity index (χ3v) is 5.41. The van der Waals surface area contributed by atoms with Crippen molar-refractivity contribution >= 4 is 29.2 Å². The molecular formula is C18H22N4OS. The van der Waals surface area contributed by atoms with Crippen LogP contribution in [0.4, 0.5) is 11.5 Å². The average molecular weight is 342 g/mol. The Kier molecular flexibility index (Phi) is 5.69. The van der Waals surface area contributed by atoms with Crippen LogP contribution >= 0.6 is 11.8 Å². The number of benzene rings is 1. The van der Waals surface area contributed by atoms with E-state index in [4.69, 9.17) is 0 Å². The molecule has 0 unspecified atom stereocenters. The summed E-state index contributed by atoms with van der Waals surface area (Å²) in [6, 6.07) is 8.12. The molecule has 0 radical (unpaired) electrons. The average Bonchev–Trinajstić information content (AvgIpc) is 3.10. The van der Waals surface area contributed by atoms with Crippen LogP contribution in [-0.2, 0) is 4.79 Å². The lowest BCUT2D eigenvalue weighted by Gasteiger charge is -2.17. The summed E-state index contributed by atoms with van der Waals surface area (Å²) in [4.78, 5) is 23.4. The van der Waals surface area contributed by atoms with Crippen molar-refractivity contribution in [1.82, 2.24) is 9.97 Å². The van der Waals surface area contributed by atoms with Crippen molar-refractivity contribution in [2.24, 2.45) is 0 Å². The van der Waals surface area contributed by atoms with Gasteiger partial charge in [-0.1, -0.05) is 12.8 Å². The van der Waals surface area contributed by atoms with Crippen LogP contribution < -0.4 is 10.2 Å². The van der Waals surface area contributed by atoms with E-state index in [9.17, 15) is 4.79 Å². The first-order valence-electron chi connectivity index (χ1n) is 8.24. The molecule has 24 heavy (non-hydrogen) atoms. The SMILES string of the molecule is CN(CC(=O)Nc1ccc(SC2CCCC2)cc1)c1cnccn1. The highest BCUT2D eigenvalue weighted by atomic mass is 32.2. The number of rotatable bonds is 6. The lowest BCUT2D eigenvalue weighted by Crippen LogP contribution is -2.30. The lowest BCUT2D eigenvalue weighted by atomic mass is 10.3. The number of carbonyl (C=O) groups excluding carboxylic acids is 1. The lowest BCUT2D eigenvalue weighted by molar-refractivity contribution is -0.114. The maximum Gasteiger partial charge on any atom is 0.243 e. The summed E-state index contributed by atoms with van der Waals surface area (Å²) < 4.78 is 0. The highest BCUT2D eigenvalue weighted by Crippen LogP contribution is 2.34. The molecule has 1 fully saturated rings. The van der Waals surface area contributed by atoms with Crippen molar-refractivity contribution in [1.29, 1.82) is 0 Å².